The topological polar surface area (TPSA) is 91.8 Å². The van der Waals surface area contributed by atoms with Crippen molar-refractivity contribution in [3.63, 3.8) is 0 Å². The molecule has 5 fully saturated rings. The van der Waals surface area contributed by atoms with Crippen LogP contribution in [0, 0.1) is 28.6 Å². The summed E-state index contributed by atoms with van der Waals surface area (Å²) in [4.78, 5) is 50.8. The van der Waals surface area contributed by atoms with Gasteiger partial charge in [0.2, 0.25) is 0 Å². The van der Waals surface area contributed by atoms with Crippen LogP contribution in [-0.4, -0.2) is 78.9 Å². The fraction of sp³-hybridized carbons (Fsp3) is 0.591. The van der Waals surface area contributed by atoms with Gasteiger partial charge in [-0.25, -0.2) is 4.99 Å². The van der Waals surface area contributed by atoms with Crippen LogP contribution in [0.5, 0.6) is 0 Å². The number of benzene rings is 2. The van der Waals surface area contributed by atoms with Crippen LogP contribution in [0.2, 0.25) is 5.02 Å². The van der Waals surface area contributed by atoms with Crippen LogP contribution >= 0.6 is 11.6 Å². The van der Waals surface area contributed by atoms with Crippen molar-refractivity contribution in [3.05, 3.63) is 64.7 Å². The smallest absolute Gasteiger partial charge is 0.308 e. The number of nitrogens with zero attached hydrogens (tertiary/aromatic N) is 4. The Kier molecular flexibility index (Phi) is 9.40. The Morgan fingerprint density at radius 1 is 0.981 bits per heavy atom. The molecule has 5 aliphatic carbocycles. The number of allylic oxidation sites excluding steroid dienone is 1. The molecule has 54 heavy (non-hydrogen) atoms. The average Bonchev–Trinajstić information content (AvgIpc) is 3.36. The van der Waals surface area contributed by atoms with Gasteiger partial charge < -0.3 is 24.2 Å². The molecule has 9 nitrogen and oxygen atoms in total. The summed E-state index contributed by atoms with van der Waals surface area (Å²) in [5.41, 5.74) is 5.38. The van der Waals surface area contributed by atoms with Crippen LogP contribution < -0.4 is 4.90 Å². The van der Waals surface area contributed by atoms with E-state index in [0.717, 1.165) is 87.5 Å². The van der Waals surface area contributed by atoms with Crippen molar-refractivity contribution in [2.45, 2.75) is 103 Å². The van der Waals surface area contributed by atoms with Crippen molar-refractivity contribution in [2.24, 2.45) is 33.6 Å². The summed E-state index contributed by atoms with van der Waals surface area (Å²) in [6.07, 6.45) is 13.4. The third-order valence-corrected chi connectivity index (χ3v) is 14.7. The summed E-state index contributed by atoms with van der Waals surface area (Å²) in [7, 11) is 2.13. The Hall–Kier alpha value is -3.69. The predicted molar refractivity (Wildman–Crippen MR) is 209 cm³/mol. The van der Waals surface area contributed by atoms with E-state index in [1.54, 1.807) is 0 Å². The predicted octanol–water partition coefficient (Wildman–Crippen LogP) is 8.37. The molecule has 0 amide bonds. The van der Waals surface area contributed by atoms with Crippen LogP contribution in [0.25, 0.3) is 0 Å². The minimum atomic E-state index is -0.674. The molecule has 2 aromatic carbocycles. The number of amidine groups is 1. The number of carbonyl (C=O) groups excluding carboxylic acids is 3. The van der Waals surface area contributed by atoms with Gasteiger partial charge in [0.25, 0.3) is 0 Å². The summed E-state index contributed by atoms with van der Waals surface area (Å²) in [5.74, 6) is 2.33. The van der Waals surface area contributed by atoms with Gasteiger partial charge in [0, 0.05) is 55.5 Å². The van der Waals surface area contributed by atoms with Crippen molar-refractivity contribution in [1.82, 2.24) is 9.80 Å². The molecule has 7 atom stereocenters. The Bertz CT molecular complexity index is 1900. The second-order valence-corrected chi connectivity index (χ2v) is 17.8. The number of piperazine rings is 1. The van der Waals surface area contributed by atoms with E-state index in [-0.39, 0.29) is 30.3 Å². The molecule has 0 aromatic heterocycles. The molecule has 9 rings (SSSR count). The first-order valence-corrected chi connectivity index (χ1v) is 20.8. The number of esters is 2. The summed E-state index contributed by atoms with van der Waals surface area (Å²) in [5, 5.41) is 0.582. The number of fused-ring (bicyclic) bond motifs is 4. The molecule has 286 valence electrons. The molecule has 2 bridgehead atoms. The van der Waals surface area contributed by atoms with Gasteiger partial charge in [-0.3, -0.25) is 14.4 Å². The molecule has 0 N–H and O–H groups in total. The third-order valence-electron chi connectivity index (χ3n) is 14.5. The number of ketones is 1. The molecule has 10 heteroatoms. The Morgan fingerprint density at radius 2 is 1.80 bits per heavy atom. The van der Waals surface area contributed by atoms with Crippen LogP contribution in [0.15, 0.2) is 59.1 Å². The van der Waals surface area contributed by atoms with Crippen LogP contribution in [0.3, 0.4) is 0 Å². The highest BCUT2D eigenvalue weighted by Crippen LogP contribution is 2.68. The lowest BCUT2D eigenvalue weighted by atomic mass is 9.48. The number of rotatable bonds is 6. The SMILES string of the molecule is CC(OC(=O)CCC(=O)OC1CCC23CCCC45CC(=O)C4CCC5C(CC=C2C1)C3)N1c2ccc(Cl)cc2N=C(N2CCN(C)CC2)c2ccccc21. The summed E-state index contributed by atoms with van der Waals surface area (Å²) in [6, 6.07) is 13.7. The van der Waals surface area contributed by atoms with E-state index in [1.165, 1.54) is 37.7 Å². The highest BCUT2D eigenvalue weighted by Gasteiger charge is 2.63. The van der Waals surface area contributed by atoms with Gasteiger partial charge in [0.05, 0.1) is 29.9 Å². The zero-order chi connectivity index (χ0) is 37.2. The number of likely N-dealkylation sites (N-methyl/N-ethyl adjacent to an activating group) is 1. The molecule has 2 heterocycles. The van der Waals surface area contributed by atoms with E-state index >= 15 is 0 Å². The van der Waals surface area contributed by atoms with Crippen molar-refractivity contribution in [3.8, 4) is 0 Å². The molecular weight excluding hydrogens is 700 g/mol. The molecule has 2 aromatic rings. The number of carbonyl (C=O) groups is 3. The summed E-state index contributed by atoms with van der Waals surface area (Å²) < 4.78 is 12.1. The van der Waals surface area contributed by atoms with Crippen LogP contribution in [0.1, 0.15) is 96.0 Å². The van der Waals surface area contributed by atoms with Gasteiger partial charge in [0.1, 0.15) is 17.7 Å². The van der Waals surface area contributed by atoms with E-state index in [9.17, 15) is 14.4 Å². The lowest BCUT2D eigenvalue weighted by Crippen LogP contribution is -2.52. The van der Waals surface area contributed by atoms with Gasteiger partial charge >= 0.3 is 11.9 Å². The largest absolute Gasteiger partial charge is 0.462 e. The van der Waals surface area contributed by atoms with E-state index in [0.29, 0.717) is 39.7 Å². The van der Waals surface area contributed by atoms with E-state index < -0.39 is 12.2 Å². The van der Waals surface area contributed by atoms with Crippen LogP contribution in [-0.2, 0) is 23.9 Å². The number of ether oxygens (including phenoxy) is 2. The zero-order valence-electron chi connectivity index (χ0n) is 31.7. The van der Waals surface area contributed by atoms with Gasteiger partial charge in [0.15, 0.2) is 6.23 Å². The lowest BCUT2D eigenvalue weighted by molar-refractivity contribution is -0.156. The van der Waals surface area contributed by atoms with E-state index in [2.05, 4.69) is 29.0 Å². The van der Waals surface area contributed by atoms with Gasteiger partial charge in [-0.05, 0) is 118 Å². The van der Waals surface area contributed by atoms with E-state index in [1.807, 2.05) is 48.2 Å². The van der Waals surface area contributed by atoms with Gasteiger partial charge in [-0.15, -0.1) is 0 Å². The molecule has 0 radical (unpaired) electrons. The maximum Gasteiger partial charge on any atom is 0.308 e. The second-order valence-electron chi connectivity index (χ2n) is 17.4. The molecule has 7 unspecified atom stereocenters. The minimum Gasteiger partial charge on any atom is -0.462 e. The monoisotopic (exact) mass is 752 g/mol. The highest BCUT2D eigenvalue weighted by atomic mass is 35.5. The van der Waals surface area contributed by atoms with Gasteiger partial charge in [-0.1, -0.05) is 41.8 Å². The number of aliphatic imine (C=N–C) groups is 1. The van der Waals surface area contributed by atoms with Crippen molar-refractivity contribution >= 4 is 52.2 Å². The summed E-state index contributed by atoms with van der Waals surface area (Å²) in [6.45, 7) is 5.45. The number of hydrogen-bond donors (Lipinski definition) is 0. The number of halogens is 1. The first kappa shape index (κ1) is 36.0. The standard InChI is InChI=1S/C44H53ClN4O5/c1-28(49-37-7-4-3-6-33(37)42(48-22-20-47(2)21-23-48)46-36-25-31(45)10-13-38(36)49)53-40(51)14-15-41(52)54-32-16-19-43-17-5-18-44-27-39(50)35(44)12-11-34(44)29(26-43)8-9-30(43)24-32/h3-4,6-7,9-10,13,25,28-29,32,34-35H,5,8,11-12,14-24,26-27H2,1-2H3. The highest BCUT2D eigenvalue weighted by molar-refractivity contribution is 6.31. The second kappa shape index (κ2) is 14.1. The fourth-order valence-electron chi connectivity index (χ4n) is 11.9. The Morgan fingerprint density at radius 3 is 2.63 bits per heavy atom. The molecule has 7 aliphatic rings. The first-order chi connectivity index (χ1) is 26.1. The number of para-hydroxylation sites is 1. The zero-order valence-corrected chi connectivity index (χ0v) is 32.5. The molecule has 2 spiro atoms. The third kappa shape index (κ3) is 6.27. The number of Topliss-reactive ketones (excluding diaryl/α,β-unsaturated/α-hetero) is 1. The first-order valence-electron chi connectivity index (χ1n) is 20.4. The fourth-order valence-corrected chi connectivity index (χ4v) is 12.0. The molecular formula is C44H53ClN4O5. The molecule has 4 saturated carbocycles. The lowest BCUT2D eigenvalue weighted by Gasteiger charge is -2.56. The summed E-state index contributed by atoms with van der Waals surface area (Å²) >= 11 is 6.50. The van der Waals surface area contributed by atoms with E-state index in [4.69, 9.17) is 26.1 Å². The minimum absolute atomic E-state index is 0.0165. The molecule has 1 saturated heterocycles. The number of hydrogen-bond acceptors (Lipinski definition) is 9. The normalized spacial score (nSPS) is 32.1. The maximum atomic E-state index is 13.4. The van der Waals surface area contributed by atoms with Gasteiger partial charge in [-0.2, -0.15) is 0 Å². The maximum absolute atomic E-state index is 13.4. The Labute approximate surface area is 324 Å². The van der Waals surface area contributed by atoms with Crippen molar-refractivity contribution < 1.29 is 23.9 Å². The molecule has 2 aliphatic heterocycles. The quantitative estimate of drug-likeness (QED) is 0.215. The van der Waals surface area contributed by atoms with Crippen molar-refractivity contribution in [2.75, 3.05) is 38.1 Å². The van der Waals surface area contributed by atoms with Crippen LogP contribution in [0.4, 0.5) is 17.1 Å². The average molecular weight is 753 g/mol. The Balaban J connectivity index is 0.831. The number of anilines is 2. The van der Waals surface area contributed by atoms with Crippen molar-refractivity contribution in [1.29, 1.82) is 0 Å².